The number of carbonyl (C=O) groups excluding carboxylic acids is 1. The number of hydrogen-bond donors (Lipinski definition) is 1. The molecule has 0 bridgehead atoms. The molecule has 0 aliphatic carbocycles. The van der Waals surface area contributed by atoms with Gasteiger partial charge in [-0.25, -0.2) is 13.2 Å². The van der Waals surface area contributed by atoms with Gasteiger partial charge in [0, 0.05) is 43.1 Å². The van der Waals surface area contributed by atoms with E-state index in [2.05, 4.69) is 10.2 Å². The molecule has 0 saturated carbocycles. The number of amides is 1. The molecule has 1 aliphatic rings. The fraction of sp³-hybridized carbons (Fsp3) is 0.409. The lowest BCUT2D eigenvalue weighted by molar-refractivity contribution is 0.0638. The summed E-state index contributed by atoms with van der Waals surface area (Å²) in [5, 5.41) is 2.41. The molecular weight excluding hydrogens is 397 g/mol. The first kappa shape index (κ1) is 22.0. The number of ether oxygens (including phenoxy) is 2. The topological polar surface area (TPSA) is 50.8 Å². The molecule has 1 amide bonds. The lowest BCUT2D eigenvalue weighted by atomic mass is 10.1. The number of nitrogens with zero attached hydrogens (tertiary/aromatic N) is 1. The molecule has 0 spiro atoms. The first-order valence-corrected chi connectivity index (χ1v) is 9.93. The van der Waals surface area contributed by atoms with E-state index in [1.54, 1.807) is 25.3 Å². The van der Waals surface area contributed by atoms with Gasteiger partial charge in [0.2, 0.25) is 0 Å². The van der Waals surface area contributed by atoms with Crippen LogP contribution in [0.4, 0.5) is 24.5 Å². The minimum atomic E-state index is -1.58. The minimum absolute atomic E-state index is 0.0878. The summed E-state index contributed by atoms with van der Waals surface area (Å²) in [5.74, 6) is -4.27. The van der Waals surface area contributed by atoms with Gasteiger partial charge in [-0.05, 0) is 44.4 Å². The molecule has 1 saturated heterocycles. The van der Waals surface area contributed by atoms with Crippen LogP contribution in [-0.4, -0.2) is 38.8 Å². The maximum atomic E-state index is 13.4. The highest BCUT2D eigenvalue weighted by atomic mass is 19.2. The van der Waals surface area contributed by atoms with E-state index in [4.69, 9.17) is 9.47 Å². The third-order valence-electron chi connectivity index (χ3n) is 5.05. The second-order valence-electron chi connectivity index (χ2n) is 7.11. The Morgan fingerprint density at radius 1 is 1.17 bits per heavy atom. The summed E-state index contributed by atoms with van der Waals surface area (Å²) in [7, 11) is 1.56. The Bertz CT molecular complexity index is 884. The minimum Gasteiger partial charge on any atom is -0.495 e. The maximum absolute atomic E-state index is 13.4. The number of halogens is 3. The first-order valence-electron chi connectivity index (χ1n) is 9.93. The fourth-order valence-corrected chi connectivity index (χ4v) is 3.60. The summed E-state index contributed by atoms with van der Waals surface area (Å²) < 4.78 is 51.3. The van der Waals surface area contributed by atoms with Gasteiger partial charge in [-0.3, -0.25) is 4.79 Å². The quantitative estimate of drug-likeness (QED) is 0.682. The van der Waals surface area contributed by atoms with Crippen molar-refractivity contribution in [3.8, 4) is 5.75 Å². The van der Waals surface area contributed by atoms with Crippen LogP contribution in [0.25, 0.3) is 0 Å². The Morgan fingerprint density at radius 2 is 1.90 bits per heavy atom. The van der Waals surface area contributed by atoms with Crippen LogP contribution < -0.4 is 15.0 Å². The molecule has 2 aromatic rings. The number of hydrogen-bond acceptors (Lipinski definition) is 4. The SMILES string of the molecule is CCOC1CCCCN(c2cc(C(=O)Nc3cc(F)c(F)c(F)c3)ccc2OC)C1. The Balaban J connectivity index is 1.85. The van der Waals surface area contributed by atoms with Gasteiger partial charge in [-0.1, -0.05) is 0 Å². The van der Waals surface area contributed by atoms with Crippen molar-refractivity contribution < 1.29 is 27.4 Å². The monoisotopic (exact) mass is 422 g/mol. The highest BCUT2D eigenvalue weighted by Gasteiger charge is 2.22. The fourth-order valence-electron chi connectivity index (χ4n) is 3.60. The van der Waals surface area contributed by atoms with Crippen molar-refractivity contribution in [3.05, 3.63) is 53.3 Å². The summed E-state index contributed by atoms with van der Waals surface area (Å²) >= 11 is 0. The first-order chi connectivity index (χ1) is 14.4. The molecule has 0 aromatic heterocycles. The molecule has 3 rings (SSSR count). The lowest BCUT2D eigenvalue weighted by Gasteiger charge is -2.28. The Morgan fingerprint density at radius 3 is 2.57 bits per heavy atom. The van der Waals surface area contributed by atoms with Crippen molar-refractivity contribution in [2.24, 2.45) is 0 Å². The van der Waals surface area contributed by atoms with E-state index < -0.39 is 23.4 Å². The van der Waals surface area contributed by atoms with Crippen molar-refractivity contribution in [2.75, 3.05) is 37.0 Å². The molecule has 8 heteroatoms. The standard InChI is InChI=1S/C22H25F3N2O3/c1-3-30-16-6-4-5-9-27(13-16)19-10-14(7-8-20(19)29-2)22(28)26-15-11-17(23)21(25)18(24)12-15/h7-8,10-12,16H,3-6,9,13H2,1-2H3,(H,26,28). The average Bonchev–Trinajstić information content (AvgIpc) is 2.97. The van der Waals surface area contributed by atoms with Crippen molar-refractivity contribution in [1.29, 1.82) is 0 Å². The van der Waals surface area contributed by atoms with Crippen LogP contribution in [0.15, 0.2) is 30.3 Å². The second-order valence-corrected chi connectivity index (χ2v) is 7.11. The van der Waals surface area contributed by atoms with Crippen molar-refractivity contribution in [3.63, 3.8) is 0 Å². The lowest BCUT2D eigenvalue weighted by Crippen LogP contribution is -2.33. The molecule has 2 aromatic carbocycles. The number of methoxy groups -OCH3 is 1. The van der Waals surface area contributed by atoms with Gasteiger partial charge in [0.15, 0.2) is 17.5 Å². The van der Waals surface area contributed by atoms with Crippen molar-refractivity contribution in [1.82, 2.24) is 0 Å². The van der Waals surface area contributed by atoms with Gasteiger partial charge < -0.3 is 19.7 Å². The van der Waals surface area contributed by atoms with E-state index in [0.29, 0.717) is 18.9 Å². The van der Waals surface area contributed by atoms with Crippen LogP contribution >= 0.6 is 0 Å². The van der Waals surface area contributed by atoms with E-state index >= 15 is 0 Å². The molecule has 1 aliphatic heterocycles. The van der Waals surface area contributed by atoms with Crippen LogP contribution in [0.1, 0.15) is 36.5 Å². The van der Waals surface area contributed by atoms with Gasteiger partial charge >= 0.3 is 0 Å². The highest BCUT2D eigenvalue weighted by molar-refractivity contribution is 6.05. The Kier molecular flexibility index (Phi) is 7.20. The smallest absolute Gasteiger partial charge is 0.255 e. The van der Waals surface area contributed by atoms with Gasteiger partial charge in [-0.2, -0.15) is 0 Å². The summed E-state index contributed by atoms with van der Waals surface area (Å²) in [6.07, 6.45) is 3.09. The summed E-state index contributed by atoms with van der Waals surface area (Å²) in [6.45, 7) is 4.05. The third-order valence-corrected chi connectivity index (χ3v) is 5.05. The molecule has 30 heavy (non-hydrogen) atoms. The van der Waals surface area contributed by atoms with Gasteiger partial charge in [0.1, 0.15) is 5.75 Å². The predicted octanol–water partition coefficient (Wildman–Crippen LogP) is 4.76. The zero-order valence-corrected chi connectivity index (χ0v) is 17.0. The van der Waals surface area contributed by atoms with E-state index in [1.165, 1.54) is 0 Å². The maximum Gasteiger partial charge on any atom is 0.255 e. The molecule has 1 unspecified atom stereocenters. The van der Waals surface area contributed by atoms with Gasteiger partial charge in [0.05, 0.1) is 18.9 Å². The summed E-state index contributed by atoms with van der Waals surface area (Å²) in [4.78, 5) is 14.8. The van der Waals surface area contributed by atoms with E-state index in [0.717, 1.165) is 43.6 Å². The van der Waals surface area contributed by atoms with Crippen LogP contribution in [0, 0.1) is 17.5 Å². The average molecular weight is 422 g/mol. The van der Waals surface area contributed by atoms with Gasteiger partial charge in [-0.15, -0.1) is 0 Å². The molecule has 5 nitrogen and oxygen atoms in total. The van der Waals surface area contributed by atoms with Crippen LogP contribution in [0.5, 0.6) is 5.75 Å². The molecular formula is C22H25F3N2O3. The largest absolute Gasteiger partial charge is 0.495 e. The number of nitrogens with one attached hydrogen (secondary N) is 1. The summed E-state index contributed by atoms with van der Waals surface area (Å²) in [6, 6.07) is 6.39. The number of benzene rings is 2. The normalized spacial score (nSPS) is 16.8. The molecule has 1 heterocycles. The van der Waals surface area contributed by atoms with Crippen molar-refractivity contribution >= 4 is 17.3 Å². The molecule has 1 fully saturated rings. The zero-order chi connectivity index (χ0) is 21.7. The third kappa shape index (κ3) is 5.05. The predicted molar refractivity (Wildman–Crippen MR) is 109 cm³/mol. The highest BCUT2D eigenvalue weighted by Crippen LogP contribution is 2.32. The zero-order valence-electron chi connectivity index (χ0n) is 17.0. The second kappa shape index (κ2) is 9.84. The molecule has 0 radical (unpaired) electrons. The van der Waals surface area contributed by atoms with Crippen LogP contribution in [0.2, 0.25) is 0 Å². The molecule has 162 valence electrons. The Hall–Kier alpha value is -2.74. The van der Waals surface area contributed by atoms with Crippen molar-refractivity contribution in [2.45, 2.75) is 32.3 Å². The van der Waals surface area contributed by atoms with Gasteiger partial charge in [0.25, 0.3) is 5.91 Å². The number of anilines is 2. The van der Waals surface area contributed by atoms with Crippen LogP contribution in [-0.2, 0) is 4.74 Å². The number of rotatable bonds is 6. The van der Waals surface area contributed by atoms with E-state index in [1.807, 2.05) is 6.92 Å². The molecule has 1 N–H and O–H groups in total. The summed E-state index contributed by atoms with van der Waals surface area (Å²) in [5.41, 5.74) is 0.862. The molecule has 1 atom stereocenters. The Labute approximate surface area is 173 Å². The number of carbonyl (C=O) groups is 1. The van der Waals surface area contributed by atoms with E-state index in [-0.39, 0.29) is 17.4 Å². The van der Waals surface area contributed by atoms with Crippen LogP contribution in [0.3, 0.4) is 0 Å². The van der Waals surface area contributed by atoms with E-state index in [9.17, 15) is 18.0 Å².